The van der Waals surface area contributed by atoms with E-state index in [0.29, 0.717) is 28.6 Å². The number of carbonyl (C=O) groups is 1. The average Bonchev–Trinajstić information content (AvgIpc) is 2.80. The molecule has 5 heteroatoms. The van der Waals surface area contributed by atoms with Gasteiger partial charge in [0, 0.05) is 34.8 Å². The smallest absolute Gasteiger partial charge is 0.262 e. The van der Waals surface area contributed by atoms with E-state index < -0.39 is 0 Å². The summed E-state index contributed by atoms with van der Waals surface area (Å²) >= 11 is 0. The van der Waals surface area contributed by atoms with Crippen molar-refractivity contribution in [1.29, 1.82) is 0 Å². The lowest BCUT2D eigenvalue weighted by Crippen LogP contribution is -2.27. The molecule has 0 radical (unpaired) electrons. The number of nitrogens with one attached hydrogen (secondary N) is 1. The topological polar surface area (TPSA) is 60.3 Å². The number of methoxy groups -OCH3 is 1. The molecule has 0 aliphatic rings. The number of aromatic nitrogens is 1. The largest absolute Gasteiger partial charge is 0.496 e. The third kappa shape index (κ3) is 3.94. The van der Waals surface area contributed by atoms with Crippen LogP contribution in [-0.2, 0) is 6.54 Å². The number of aryl methyl sites for hydroxylation is 2. The Hall–Kier alpha value is -3.86. The van der Waals surface area contributed by atoms with E-state index in [0.717, 1.165) is 22.4 Å². The number of rotatable bonds is 5. The summed E-state index contributed by atoms with van der Waals surface area (Å²) in [4.78, 5) is 26.4. The summed E-state index contributed by atoms with van der Waals surface area (Å²) < 4.78 is 6.92. The highest BCUT2D eigenvalue weighted by Gasteiger charge is 2.16. The minimum atomic E-state index is -0.250. The number of para-hydroxylation sites is 1. The summed E-state index contributed by atoms with van der Waals surface area (Å²) in [5.41, 5.74) is 4.14. The van der Waals surface area contributed by atoms with E-state index in [2.05, 4.69) is 5.32 Å². The fourth-order valence-corrected chi connectivity index (χ4v) is 3.66. The van der Waals surface area contributed by atoms with Crippen molar-refractivity contribution in [1.82, 2.24) is 9.88 Å². The first-order chi connectivity index (χ1) is 15.0. The van der Waals surface area contributed by atoms with E-state index >= 15 is 0 Å². The summed E-state index contributed by atoms with van der Waals surface area (Å²) in [6, 6.07) is 20.6. The molecule has 0 aliphatic heterocycles. The van der Waals surface area contributed by atoms with Crippen LogP contribution in [0.2, 0.25) is 0 Å². The maximum atomic E-state index is 13.2. The zero-order valence-electron chi connectivity index (χ0n) is 17.8. The number of pyridine rings is 1. The normalized spacial score (nSPS) is 10.8. The summed E-state index contributed by atoms with van der Waals surface area (Å²) in [7, 11) is 1.60. The SMILES string of the molecule is COc1ccccc1CNC(=O)c1cn(-c2ccc(C)c(C)c2)c(=O)c2ccccc12. The molecule has 0 bridgehead atoms. The molecule has 1 amide bonds. The molecule has 3 aromatic carbocycles. The van der Waals surface area contributed by atoms with Gasteiger partial charge in [0.15, 0.2) is 0 Å². The molecule has 0 aliphatic carbocycles. The second-order valence-corrected chi connectivity index (χ2v) is 7.53. The molecule has 0 saturated heterocycles. The third-order valence-corrected chi connectivity index (χ3v) is 5.57. The fraction of sp³-hybridized carbons (Fsp3) is 0.154. The highest BCUT2D eigenvalue weighted by atomic mass is 16.5. The summed E-state index contributed by atoms with van der Waals surface area (Å²) in [5, 5.41) is 4.10. The Morgan fingerprint density at radius 2 is 1.65 bits per heavy atom. The molecule has 0 fully saturated rings. The Labute approximate surface area is 180 Å². The van der Waals surface area contributed by atoms with Gasteiger partial charge in [-0.1, -0.05) is 42.5 Å². The van der Waals surface area contributed by atoms with Gasteiger partial charge in [-0.25, -0.2) is 0 Å². The Morgan fingerprint density at radius 3 is 2.39 bits per heavy atom. The molecule has 1 N–H and O–H groups in total. The van der Waals surface area contributed by atoms with Gasteiger partial charge in [-0.2, -0.15) is 0 Å². The average molecular weight is 412 g/mol. The van der Waals surface area contributed by atoms with E-state index in [1.54, 1.807) is 30.0 Å². The minimum Gasteiger partial charge on any atom is -0.496 e. The fourth-order valence-electron chi connectivity index (χ4n) is 3.66. The van der Waals surface area contributed by atoms with E-state index in [9.17, 15) is 9.59 Å². The van der Waals surface area contributed by atoms with Crippen molar-refractivity contribution in [3.05, 3.63) is 106 Å². The Kier molecular flexibility index (Phi) is 5.58. The second kappa shape index (κ2) is 8.48. The molecule has 1 heterocycles. The lowest BCUT2D eigenvalue weighted by molar-refractivity contribution is 0.0952. The number of carbonyl (C=O) groups excluding carboxylic acids is 1. The first-order valence-corrected chi connectivity index (χ1v) is 10.1. The number of amides is 1. The number of nitrogens with zero attached hydrogens (tertiary/aromatic N) is 1. The molecule has 0 atom stereocenters. The van der Waals surface area contributed by atoms with Crippen LogP contribution < -0.4 is 15.6 Å². The van der Waals surface area contributed by atoms with E-state index in [4.69, 9.17) is 4.74 Å². The molecule has 156 valence electrons. The van der Waals surface area contributed by atoms with Gasteiger partial charge in [0.05, 0.1) is 12.7 Å². The Bertz CT molecular complexity index is 1340. The van der Waals surface area contributed by atoms with Gasteiger partial charge in [0.2, 0.25) is 0 Å². The van der Waals surface area contributed by atoms with Crippen molar-refractivity contribution in [2.24, 2.45) is 0 Å². The van der Waals surface area contributed by atoms with Gasteiger partial charge < -0.3 is 10.1 Å². The number of benzene rings is 3. The predicted molar refractivity (Wildman–Crippen MR) is 123 cm³/mol. The molecule has 0 unspecified atom stereocenters. The first-order valence-electron chi connectivity index (χ1n) is 10.1. The zero-order valence-corrected chi connectivity index (χ0v) is 17.8. The number of ether oxygens (including phenoxy) is 1. The van der Waals surface area contributed by atoms with Gasteiger partial charge in [0.25, 0.3) is 11.5 Å². The monoisotopic (exact) mass is 412 g/mol. The van der Waals surface area contributed by atoms with Crippen LogP contribution in [0.15, 0.2) is 77.7 Å². The number of hydrogen-bond acceptors (Lipinski definition) is 3. The molecule has 1 aromatic heterocycles. The van der Waals surface area contributed by atoms with Gasteiger partial charge in [0.1, 0.15) is 5.75 Å². The Morgan fingerprint density at radius 1 is 0.935 bits per heavy atom. The maximum Gasteiger partial charge on any atom is 0.262 e. The molecule has 5 nitrogen and oxygen atoms in total. The van der Waals surface area contributed by atoms with Crippen molar-refractivity contribution in [3.8, 4) is 11.4 Å². The lowest BCUT2D eigenvalue weighted by atomic mass is 10.1. The molecular weight excluding hydrogens is 388 g/mol. The van der Waals surface area contributed by atoms with Crippen molar-refractivity contribution in [2.75, 3.05) is 7.11 Å². The summed E-state index contributed by atoms with van der Waals surface area (Å²) in [6.07, 6.45) is 1.63. The van der Waals surface area contributed by atoms with Crippen LogP contribution in [0.4, 0.5) is 0 Å². The zero-order chi connectivity index (χ0) is 22.0. The first kappa shape index (κ1) is 20.4. The molecule has 0 saturated carbocycles. The minimum absolute atomic E-state index is 0.153. The second-order valence-electron chi connectivity index (χ2n) is 7.53. The van der Waals surface area contributed by atoms with Crippen molar-refractivity contribution >= 4 is 16.7 Å². The van der Waals surface area contributed by atoms with Gasteiger partial charge >= 0.3 is 0 Å². The van der Waals surface area contributed by atoms with Crippen LogP contribution in [0.25, 0.3) is 16.5 Å². The van der Waals surface area contributed by atoms with E-state index in [-0.39, 0.29) is 11.5 Å². The molecule has 4 aromatic rings. The summed E-state index contributed by atoms with van der Waals surface area (Å²) in [6.45, 7) is 4.35. The standard InChI is InChI=1S/C26H24N2O3/c1-17-12-13-20(14-18(17)2)28-16-23(21-9-5-6-10-22(21)26(28)30)25(29)27-15-19-8-4-7-11-24(19)31-3/h4-14,16H,15H2,1-3H3,(H,27,29). The molecule has 4 rings (SSSR count). The quantitative estimate of drug-likeness (QED) is 0.523. The highest BCUT2D eigenvalue weighted by Crippen LogP contribution is 2.20. The summed E-state index contributed by atoms with van der Waals surface area (Å²) in [5.74, 6) is 0.465. The van der Waals surface area contributed by atoms with Gasteiger partial charge in [-0.15, -0.1) is 0 Å². The number of fused-ring (bicyclic) bond motifs is 1. The van der Waals surface area contributed by atoms with Crippen molar-refractivity contribution in [3.63, 3.8) is 0 Å². The van der Waals surface area contributed by atoms with Gasteiger partial charge in [-0.05, 0) is 49.2 Å². The lowest BCUT2D eigenvalue weighted by Gasteiger charge is -2.14. The van der Waals surface area contributed by atoms with Crippen LogP contribution in [0.3, 0.4) is 0 Å². The van der Waals surface area contributed by atoms with E-state index in [1.807, 2.05) is 68.4 Å². The molecular formula is C26H24N2O3. The van der Waals surface area contributed by atoms with Crippen molar-refractivity contribution in [2.45, 2.75) is 20.4 Å². The van der Waals surface area contributed by atoms with Crippen LogP contribution in [0, 0.1) is 13.8 Å². The Balaban J connectivity index is 1.78. The maximum absolute atomic E-state index is 13.2. The predicted octanol–water partition coefficient (Wildman–Crippen LogP) is 4.55. The van der Waals surface area contributed by atoms with Gasteiger partial charge in [-0.3, -0.25) is 14.2 Å². The molecule has 31 heavy (non-hydrogen) atoms. The third-order valence-electron chi connectivity index (χ3n) is 5.57. The van der Waals surface area contributed by atoms with Crippen LogP contribution in [-0.4, -0.2) is 17.6 Å². The van der Waals surface area contributed by atoms with E-state index in [1.165, 1.54) is 0 Å². The van der Waals surface area contributed by atoms with Crippen LogP contribution in [0.5, 0.6) is 5.75 Å². The van der Waals surface area contributed by atoms with Crippen LogP contribution in [0.1, 0.15) is 27.0 Å². The highest BCUT2D eigenvalue weighted by molar-refractivity contribution is 6.06. The molecule has 0 spiro atoms. The van der Waals surface area contributed by atoms with Crippen LogP contribution >= 0.6 is 0 Å². The van der Waals surface area contributed by atoms with Crippen molar-refractivity contribution < 1.29 is 9.53 Å². The number of hydrogen-bond donors (Lipinski definition) is 1.